The number of anilines is 1. The minimum absolute atomic E-state index is 0.667. The summed E-state index contributed by atoms with van der Waals surface area (Å²) in [5, 5.41) is 3.34. The van der Waals surface area contributed by atoms with E-state index in [-0.39, 0.29) is 0 Å². The summed E-state index contributed by atoms with van der Waals surface area (Å²) in [6, 6.07) is 2.06. The lowest BCUT2D eigenvalue weighted by Gasteiger charge is -2.29. The summed E-state index contributed by atoms with van der Waals surface area (Å²) in [4.78, 5) is 6.57. The number of methoxy groups -OCH3 is 1. The molecule has 0 bridgehead atoms. The van der Waals surface area contributed by atoms with Crippen molar-refractivity contribution in [2.45, 2.75) is 6.42 Å². The average Bonchev–Trinajstić information content (AvgIpc) is 2.45. The van der Waals surface area contributed by atoms with Gasteiger partial charge in [0, 0.05) is 52.4 Å². The van der Waals surface area contributed by atoms with Crippen molar-refractivity contribution in [3.05, 3.63) is 18.5 Å². The highest BCUT2D eigenvalue weighted by molar-refractivity contribution is 5.48. The zero-order valence-electron chi connectivity index (χ0n) is 10.9. The first-order chi connectivity index (χ1) is 8.90. The highest BCUT2D eigenvalue weighted by atomic mass is 16.5. The van der Waals surface area contributed by atoms with Gasteiger partial charge in [0.25, 0.3) is 0 Å². The lowest BCUT2D eigenvalue weighted by atomic mass is 10.3. The SMILES string of the molecule is COCCCOc1cncc(N2CCNCC2)c1. The van der Waals surface area contributed by atoms with Crippen LogP contribution in [-0.4, -0.2) is 51.5 Å². The van der Waals surface area contributed by atoms with E-state index >= 15 is 0 Å². The molecule has 0 spiro atoms. The topological polar surface area (TPSA) is 46.6 Å². The van der Waals surface area contributed by atoms with Crippen LogP contribution in [0.15, 0.2) is 18.5 Å². The van der Waals surface area contributed by atoms with E-state index in [2.05, 4.69) is 21.3 Å². The summed E-state index contributed by atoms with van der Waals surface area (Å²) < 4.78 is 10.6. The van der Waals surface area contributed by atoms with Gasteiger partial charge in [0.15, 0.2) is 0 Å². The highest BCUT2D eigenvalue weighted by Crippen LogP contribution is 2.19. The van der Waals surface area contributed by atoms with Crippen LogP contribution in [0.3, 0.4) is 0 Å². The van der Waals surface area contributed by atoms with E-state index in [1.807, 2.05) is 6.20 Å². The molecular weight excluding hydrogens is 230 g/mol. The van der Waals surface area contributed by atoms with E-state index in [0.717, 1.165) is 50.6 Å². The summed E-state index contributed by atoms with van der Waals surface area (Å²) in [6.45, 7) is 5.49. The van der Waals surface area contributed by atoms with Gasteiger partial charge in [-0.1, -0.05) is 0 Å². The van der Waals surface area contributed by atoms with E-state index in [4.69, 9.17) is 9.47 Å². The minimum atomic E-state index is 0.667. The minimum Gasteiger partial charge on any atom is -0.492 e. The molecule has 0 amide bonds. The van der Waals surface area contributed by atoms with Crippen LogP contribution < -0.4 is 15.0 Å². The number of nitrogens with one attached hydrogen (secondary N) is 1. The number of rotatable bonds is 6. The van der Waals surface area contributed by atoms with Crippen molar-refractivity contribution in [1.82, 2.24) is 10.3 Å². The summed E-state index contributed by atoms with van der Waals surface area (Å²) in [7, 11) is 1.70. The summed E-state index contributed by atoms with van der Waals surface area (Å²) in [6.07, 6.45) is 4.56. The van der Waals surface area contributed by atoms with Crippen LogP contribution in [0.4, 0.5) is 5.69 Å². The molecule has 1 saturated heterocycles. The lowest BCUT2D eigenvalue weighted by molar-refractivity contribution is 0.172. The number of hydrogen-bond acceptors (Lipinski definition) is 5. The van der Waals surface area contributed by atoms with Crippen LogP contribution in [0.25, 0.3) is 0 Å². The maximum absolute atomic E-state index is 5.65. The van der Waals surface area contributed by atoms with Crippen molar-refractivity contribution in [2.24, 2.45) is 0 Å². The first kappa shape index (κ1) is 13.1. The monoisotopic (exact) mass is 251 g/mol. The first-order valence-electron chi connectivity index (χ1n) is 6.42. The number of pyridine rings is 1. The first-order valence-corrected chi connectivity index (χ1v) is 6.42. The van der Waals surface area contributed by atoms with E-state index < -0.39 is 0 Å². The molecule has 5 heteroatoms. The third-order valence-corrected chi connectivity index (χ3v) is 2.94. The van der Waals surface area contributed by atoms with Gasteiger partial charge in [0.2, 0.25) is 0 Å². The van der Waals surface area contributed by atoms with Crippen LogP contribution in [0, 0.1) is 0 Å². The van der Waals surface area contributed by atoms with Crippen molar-refractivity contribution in [3.8, 4) is 5.75 Å². The van der Waals surface area contributed by atoms with Gasteiger partial charge in [-0.3, -0.25) is 4.98 Å². The van der Waals surface area contributed by atoms with E-state index in [0.29, 0.717) is 6.61 Å². The van der Waals surface area contributed by atoms with Crippen molar-refractivity contribution < 1.29 is 9.47 Å². The zero-order chi connectivity index (χ0) is 12.6. The normalized spacial score (nSPS) is 15.7. The molecule has 100 valence electrons. The molecule has 0 saturated carbocycles. The Hall–Kier alpha value is -1.33. The molecule has 1 aromatic heterocycles. The molecule has 0 atom stereocenters. The molecule has 1 aliphatic heterocycles. The second-order valence-corrected chi connectivity index (χ2v) is 4.31. The summed E-state index contributed by atoms with van der Waals surface area (Å²) in [5.41, 5.74) is 1.14. The molecule has 0 aromatic carbocycles. The Balaban J connectivity index is 1.88. The Morgan fingerprint density at radius 1 is 1.28 bits per heavy atom. The number of piperazine rings is 1. The van der Waals surface area contributed by atoms with Crippen LogP contribution >= 0.6 is 0 Å². The molecule has 0 radical (unpaired) electrons. The second kappa shape index (κ2) is 7.18. The predicted molar refractivity (Wildman–Crippen MR) is 71.3 cm³/mol. The maximum atomic E-state index is 5.65. The number of hydrogen-bond donors (Lipinski definition) is 1. The van der Waals surface area contributed by atoms with Gasteiger partial charge in [-0.05, 0) is 0 Å². The number of nitrogens with zero attached hydrogens (tertiary/aromatic N) is 2. The second-order valence-electron chi connectivity index (χ2n) is 4.31. The van der Waals surface area contributed by atoms with Gasteiger partial charge in [-0.15, -0.1) is 0 Å². The highest BCUT2D eigenvalue weighted by Gasteiger charge is 2.11. The average molecular weight is 251 g/mol. The van der Waals surface area contributed by atoms with Gasteiger partial charge in [-0.2, -0.15) is 0 Å². The van der Waals surface area contributed by atoms with E-state index in [1.54, 1.807) is 13.3 Å². The standard InChI is InChI=1S/C13H21N3O2/c1-17-7-2-8-18-13-9-12(10-15-11-13)16-5-3-14-4-6-16/h9-11,14H,2-8H2,1H3. The van der Waals surface area contributed by atoms with E-state index in [9.17, 15) is 0 Å². The molecule has 5 nitrogen and oxygen atoms in total. The third-order valence-electron chi connectivity index (χ3n) is 2.94. The molecule has 0 aliphatic carbocycles. The van der Waals surface area contributed by atoms with Crippen molar-refractivity contribution in [1.29, 1.82) is 0 Å². The van der Waals surface area contributed by atoms with Crippen LogP contribution in [0.5, 0.6) is 5.75 Å². The number of aromatic nitrogens is 1. The Kier molecular flexibility index (Phi) is 5.23. The van der Waals surface area contributed by atoms with Crippen LogP contribution in [-0.2, 0) is 4.74 Å². The molecule has 0 unspecified atom stereocenters. The zero-order valence-corrected chi connectivity index (χ0v) is 10.9. The van der Waals surface area contributed by atoms with Gasteiger partial charge in [-0.25, -0.2) is 0 Å². The smallest absolute Gasteiger partial charge is 0.139 e. The summed E-state index contributed by atoms with van der Waals surface area (Å²) >= 11 is 0. The van der Waals surface area contributed by atoms with Gasteiger partial charge >= 0.3 is 0 Å². The van der Waals surface area contributed by atoms with Gasteiger partial charge < -0.3 is 19.7 Å². The molecule has 1 aliphatic rings. The molecule has 1 aromatic rings. The van der Waals surface area contributed by atoms with Crippen LogP contribution in [0.2, 0.25) is 0 Å². The Bertz CT molecular complexity index is 354. The molecule has 2 heterocycles. The largest absolute Gasteiger partial charge is 0.492 e. The molecule has 2 rings (SSSR count). The molecule has 1 fully saturated rings. The molecular formula is C13H21N3O2. The van der Waals surface area contributed by atoms with Crippen molar-refractivity contribution in [3.63, 3.8) is 0 Å². The van der Waals surface area contributed by atoms with Crippen LogP contribution in [0.1, 0.15) is 6.42 Å². The number of ether oxygens (including phenoxy) is 2. The summed E-state index contributed by atoms with van der Waals surface area (Å²) in [5.74, 6) is 0.835. The van der Waals surface area contributed by atoms with E-state index in [1.165, 1.54) is 0 Å². The molecule has 1 N–H and O–H groups in total. The predicted octanol–water partition coefficient (Wildman–Crippen LogP) is 0.906. The fourth-order valence-electron chi connectivity index (χ4n) is 1.98. The van der Waals surface area contributed by atoms with Crippen molar-refractivity contribution >= 4 is 5.69 Å². The third kappa shape index (κ3) is 3.85. The van der Waals surface area contributed by atoms with Crippen molar-refractivity contribution in [2.75, 3.05) is 51.4 Å². The van der Waals surface area contributed by atoms with Gasteiger partial charge in [0.05, 0.1) is 24.7 Å². The van der Waals surface area contributed by atoms with Gasteiger partial charge in [0.1, 0.15) is 5.75 Å². The quantitative estimate of drug-likeness (QED) is 0.761. The Morgan fingerprint density at radius 3 is 2.89 bits per heavy atom. The maximum Gasteiger partial charge on any atom is 0.139 e. The Morgan fingerprint density at radius 2 is 2.11 bits per heavy atom. The Labute approximate surface area is 108 Å². The fourth-order valence-corrected chi connectivity index (χ4v) is 1.98. The fraction of sp³-hybridized carbons (Fsp3) is 0.615. The lowest BCUT2D eigenvalue weighted by Crippen LogP contribution is -2.43. The molecule has 18 heavy (non-hydrogen) atoms.